The molecule has 1 amide bonds. The summed E-state index contributed by atoms with van der Waals surface area (Å²) in [6.45, 7) is 2.64. The largest absolute Gasteiger partial charge is 0.354 e. The average molecular weight is 331 g/mol. The molecule has 2 N–H and O–H groups in total. The van der Waals surface area contributed by atoms with Crippen molar-refractivity contribution in [3.05, 3.63) is 89.7 Å². The zero-order valence-corrected chi connectivity index (χ0v) is 14.2. The molecule has 0 spiro atoms. The minimum absolute atomic E-state index is 0.155. The Balaban J connectivity index is 1.52. The molecule has 0 saturated heterocycles. The molecule has 0 fully saturated rings. The van der Waals surface area contributed by atoms with E-state index in [0.717, 1.165) is 17.8 Å². The van der Waals surface area contributed by atoms with Gasteiger partial charge in [0.2, 0.25) is 0 Å². The maximum Gasteiger partial charge on any atom is 0.269 e. The second-order valence-electron chi connectivity index (χ2n) is 5.91. The van der Waals surface area contributed by atoms with Gasteiger partial charge in [-0.3, -0.25) is 4.79 Å². The second-order valence-corrected chi connectivity index (χ2v) is 5.91. The number of aromatic nitrogens is 1. The minimum atomic E-state index is -0.155. The average Bonchev–Trinajstić information content (AvgIpc) is 2.65. The van der Waals surface area contributed by atoms with E-state index in [9.17, 15) is 4.79 Å². The summed E-state index contributed by atoms with van der Waals surface area (Å²) in [6, 6.07) is 21.8. The van der Waals surface area contributed by atoms with Crippen molar-refractivity contribution in [1.82, 2.24) is 10.3 Å². The molecule has 1 aromatic heterocycles. The number of nitrogens with zero attached hydrogens (tertiary/aromatic N) is 1. The summed E-state index contributed by atoms with van der Waals surface area (Å²) in [4.78, 5) is 16.4. The normalized spacial score (nSPS) is 10.3. The van der Waals surface area contributed by atoms with Gasteiger partial charge in [0.15, 0.2) is 0 Å². The first-order valence-electron chi connectivity index (χ1n) is 8.32. The molecule has 0 radical (unpaired) electrons. The van der Waals surface area contributed by atoms with Gasteiger partial charge in [-0.2, -0.15) is 0 Å². The first-order chi connectivity index (χ1) is 12.2. The fourth-order valence-corrected chi connectivity index (χ4v) is 2.46. The first-order valence-corrected chi connectivity index (χ1v) is 8.32. The third-order valence-corrected chi connectivity index (χ3v) is 3.88. The summed E-state index contributed by atoms with van der Waals surface area (Å²) in [7, 11) is 0. The van der Waals surface area contributed by atoms with Gasteiger partial charge in [0.05, 0.1) is 11.9 Å². The first kappa shape index (κ1) is 16.7. The molecular weight excluding hydrogens is 310 g/mol. The molecule has 25 heavy (non-hydrogen) atoms. The lowest BCUT2D eigenvalue weighted by Crippen LogP contribution is -2.26. The van der Waals surface area contributed by atoms with Gasteiger partial charge in [-0.1, -0.05) is 48.0 Å². The van der Waals surface area contributed by atoms with E-state index >= 15 is 0 Å². The number of hydrogen-bond donors (Lipinski definition) is 2. The van der Waals surface area contributed by atoms with Crippen molar-refractivity contribution >= 4 is 17.3 Å². The van der Waals surface area contributed by atoms with Crippen LogP contribution in [0.25, 0.3) is 0 Å². The summed E-state index contributed by atoms with van der Waals surface area (Å²) in [5, 5.41) is 6.17. The third kappa shape index (κ3) is 4.91. The van der Waals surface area contributed by atoms with Gasteiger partial charge in [0, 0.05) is 12.2 Å². The molecule has 0 unspecified atom stereocenters. The van der Waals surface area contributed by atoms with Crippen LogP contribution in [-0.2, 0) is 6.42 Å². The van der Waals surface area contributed by atoms with Gasteiger partial charge < -0.3 is 10.6 Å². The molecule has 126 valence electrons. The van der Waals surface area contributed by atoms with Gasteiger partial charge in [-0.25, -0.2) is 4.98 Å². The SMILES string of the molecule is Cc1ccc(Nc2ccc(C(=O)NCCc3ccccc3)nc2)cc1. The number of anilines is 2. The van der Waals surface area contributed by atoms with Crippen molar-refractivity contribution in [2.24, 2.45) is 0 Å². The molecule has 0 aliphatic rings. The Morgan fingerprint density at radius 1 is 0.920 bits per heavy atom. The maximum atomic E-state index is 12.1. The van der Waals surface area contributed by atoms with Crippen molar-refractivity contribution in [2.75, 3.05) is 11.9 Å². The summed E-state index contributed by atoms with van der Waals surface area (Å²) in [6.07, 6.45) is 2.48. The van der Waals surface area contributed by atoms with Crippen molar-refractivity contribution in [1.29, 1.82) is 0 Å². The lowest BCUT2D eigenvalue weighted by atomic mass is 10.1. The van der Waals surface area contributed by atoms with Crippen LogP contribution in [0, 0.1) is 6.92 Å². The Hall–Kier alpha value is -3.14. The van der Waals surface area contributed by atoms with Crippen molar-refractivity contribution in [2.45, 2.75) is 13.3 Å². The third-order valence-electron chi connectivity index (χ3n) is 3.88. The monoisotopic (exact) mass is 331 g/mol. The Kier molecular flexibility index (Phi) is 5.42. The maximum absolute atomic E-state index is 12.1. The minimum Gasteiger partial charge on any atom is -0.354 e. The number of carbonyl (C=O) groups is 1. The quantitative estimate of drug-likeness (QED) is 0.715. The molecule has 0 aliphatic heterocycles. The molecule has 3 aromatic rings. The number of aryl methyl sites for hydroxylation is 1. The summed E-state index contributed by atoms with van der Waals surface area (Å²) in [5.74, 6) is -0.155. The van der Waals surface area contributed by atoms with Gasteiger partial charge >= 0.3 is 0 Å². The number of rotatable bonds is 6. The Labute approximate surface area is 147 Å². The highest BCUT2D eigenvalue weighted by Gasteiger charge is 2.06. The predicted molar refractivity (Wildman–Crippen MR) is 101 cm³/mol. The van der Waals surface area contributed by atoms with E-state index in [4.69, 9.17) is 0 Å². The lowest BCUT2D eigenvalue weighted by molar-refractivity contribution is 0.0949. The molecule has 4 heteroatoms. The van der Waals surface area contributed by atoms with E-state index in [2.05, 4.69) is 34.7 Å². The molecule has 0 atom stereocenters. The topological polar surface area (TPSA) is 54.0 Å². The Morgan fingerprint density at radius 3 is 2.32 bits per heavy atom. The summed E-state index contributed by atoms with van der Waals surface area (Å²) >= 11 is 0. The Bertz CT molecular complexity index is 812. The number of benzene rings is 2. The Morgan fingerprint density at radius 2 is 1.64 bits per heavy atom. The van der Waals surface area contributed by atoms with Crippen LogP contribution in [0.4, 0.5) is 11.4 Å². The van der Waals surface area contributed by atoms with Crippen LogP contribution in [-0.4, -0.2) is 17.4 Å². The van der Waals surface area contributed by atoms with E-state index in [0.29, 0.717) is 12.2 Å². The van der Waals surface area contributed by atoms with E-state index < -0.39 is 0 Å². The predicted octanol–water partition coefficient (Wildman–Crippen LogP) is 4.11. The highest BCUT2D eigenvalue weighted by atomic mass is 16.1. The van der Waals surface area contributed by atoms with Crippen LogP contribution < -0.4 is 10.6 Å². The molecule has 2 aromatic carbocycles. The molecule has 0 saturated carbocycles. The van der Waals surface area contributed by atoms with Gasteiger partial charge in [-0.05, 0) is 43.2 Å². The van der Waals surface area contributed by atoms with Crippen LogP contribution in [0.3, 0.4) is 0 Å². The zero-order valence-electron chi connectivity index (χ0n) is 14.2. The van der Waals surface area contributed by atoms with Crippen LogP contribution in [0.15, 0.2) is 72.9 Å². The fourth-order valence-electron chi connectivity index (χ4n) is 2.46. The number of pyridine rings is 1. The highest BCUT2D eigenvalue weighted by molar-refractivity contribution is 5.92. The molecule has 1 heterocycles. The summed E-state index contributed by atoms with van der Waals surface area (Å²) < 4.78 is 0. The molecule has 0 aliphatic carbocycles. The highest BCUT2D eigenvalue weighted by Crippen LogP contribution is 2.16. The number of carbonyl (C=O) groups excluding carboxylic acids is 1. The van der Waals surface area contributed by atoms with Crippen LogP contribution in [0.5, 0.6) is 0 Å². The number of amides is 1. The smallest absolute Gasteiger partial charge is 0.269 e. The summed E-state index contributed by atoms with van der Waals surface area (Å²) in [5.41, 5.74) is 4.68. The zero-order chi connectivity index (χ0) is 17.5. The standard InChI is InChI=1S/C21H21N3O/c1-16-7-9-18(10-8-16)24-19-11-12-20(23-15-19)21(25)22-14-13-17-5-3-2-4-6-17/h2-12,15,24H,13-14H2,1H3,(H,22,25). The molecule has 3 rings (SSSR count). The van der Waals surface area contributed by atoms with Crippen molar-refractivity contribution in [3.63, 3.8) is 0 Å². The van der Waals surface area contributed by atoms with Crippen molar-refractivity contribution in [3.8, 4) is 0 Å². The van der Waals surface area contributed by atoms with Crippen LogP contribution in [0.2, 0.25) is 0 Å². The molecule has 4 nitrogen and oxygen atoms in total. The van der Waals surface area contributed by atoms with E-state index in [1.807, 2.05) is 48.5 Å². The molecule has 0 bridgehead atoms. The van der Waals surface area contributed by atoms with Crippen LogP contribution in [0.1, 0.15) is 21.6 Å². The number of hydrogen-bond acceptors (Lipinski definition) is 3. The van der Waals surface area contributed by atoms with Crippen molar-refractivity contribution < 1.29 is 4.79 Å². The number of nitrogens with one attached hydrogen (secondary N) is 2. The van der Waals surface area contributed by atoms with E-state index in [1.165, 1.54) is 11.1 Å². The fraction of sp³-hybridized carbons (Fsp3) is 0.143. The second kappa shape index (κ2) is 8.11. The van der Waals surface area contributed by atoms with Gasteiger partial charge in [0.25, 0.3) is 5.91 Å². The van der Waals surface area contributed by atoms with Gasteiger partial charge in [-0.15, -0.1) is 0 Å². The van der Waals surface area contributed by atoms with Gasteiger partial charge in [0.1, 0.15) is 5.69 Å². The van der Waals surface area contributed by atoms with E-state index in [-0.39, 0.29) is 5.91 Å². The van der Waals surface area contributed by atoms with E-state index in [1.54, 1.807) is 12.3 Å². The molecular formula is C21H21N3O. The lowest BCUT2D eigenvalue weighted by Gasteiger charge is -2.08. The van der Waals surface area contributed by atoms with Crippen LogP contribution >= 0.6 is 0 Å².